The summed E-state index contributed by atoms with van der Waals surface area (Å²) in [6, 6.07) is 0.0914. The van der Waals surface area contributed by atoms with Crippen LogP contribution < -0.4 is 4.90 Å². The predicted molar refractivity (Wildman–Crippen MR) is 85.7 cm³/mol. The van der Waals surface area contributed by atoms with Crippen molar-refractivity contribution in [3.8, 4) is 0 Å². The van der Waals surface area contributed by atoms with E-state index in [0.717, 1.165) is 11.0 Å². The van der Waals surface area contributed by atoms with Crippen molar-refractivity contribution in [3.05, 3.63) is 34.8 Å². The standard InChI is InChI=1S/C14H17BrN6O/c1-10-8-20(14-16-6-12(15)7-17-14)3-4-21(10)13(22)11-5-18-19(2)9-11/h5-7,9-10H,3-4,8H2,1-2H3. The van der Waals surface area contributed by atoms with E-state index in [1.54, 1.807) is 29.5 Å². The summed E-state index contributed by atoms with van der Waals surface area (Å²) in [4.78, 5) is 25.1. The summed E-state index contributed by atoms with van der Waals surface area (Å²) in [7, 11) is 1.81. The third-order valence-electron chi connectivity index (χ3n) is 3.73. The van der Waals surface area contributed by atoms with Crippen LogP contribution in [0.1, 0.15) is 17.3 Å². The molecule has 1 unspecified atom stereocenters. The summed E-state index contributed by atoms with van der Waals surface area (Å²) < 4.78 is 2.50. The summed E-state index contributed by atoms with van der Waals surface area (Å²) in [6.45, 7) is 4.12. The summed E-state index contributed by atoms with van der Waals surface area (Å²) in [5, 5.41) is 4.06. The van der Waals surface area contributed by atoms with Gasteiger partial charge in [0, 0.05) is 51.3 Å². The molecule has 2 aromatic heterocycles. The van der Waals surface area contributed by atoms with Crippen LogP contribution >= 0.6 is 15.9 Å². The molecule has 3 rings (SSSR count). The highest BCUT2D eigenvalue weighted by Crippen LogP contribution is 2.18. The number of aryl methyl sites for hydroxylation is 1. The van der Waals surface area contributed by atoms with E-state index in [2.05, 4.69) is 35.9 Å². The van der Waals surface area contributed by atoms with Gasteiger partial charge in [-0.15, -0.1) is 0 Å². The van der Waals surface area contributed by atoms with Crippen molar-refractivity contribution >= 4 is 27.8 Å². The van der Waals surface area contributed by atoms with Crippen LogP contribution in [-0.4, -0.2) is 56.2 Å². The molecular weight excluding hydrogens is 348 g/mol. The second kappa shape index (κ2) is 6.04. The van der Waals surface area contributed by atoms with E-state index in [1.165, 1.54) is 0 Å². The zero-order valence-corrected chi connectivity index (χ0v) is 14.1. The van der Waals surface area contributed by atoms with Gasteiger partial charge in [0.25, 0.3) is 5.91 Å². The number of hydrogen-bond acceptors (Lipinski definition) is 5. The maximum absolute atomic E-state index is 12.5. The minimum absolute atomic E-state index is 0.0250. The topological polar surface area (TPSA) is 67.2 Å². The molecule has 1 saturated heterocycles. The van der Waals surface area contributed by atoms with Crippen molar-refractivity contribution in [3.63, 3.8) is 0 Å². The minimum atomic E-state index is 0.0250. The number of amides is 1. The zero-order valence-electron chi connectivity index (χ0n) is 12.5. The van der Waals surface area contributed by atoms with Gasteiger partial charge in [-0.25, -0.2) is 9.97 Å². The average Bonchev–Trinajstić information content (AvgIpc) is 2.94. The Morgan fingerprint density at radius 1 is 1.27 bits per heavy atom. The molecule has 1 aliphatic rings. The fourth-order valence-corrected chi connectivity index (χ4v) is 2.81. The second-order valence-corrected chi connectivity index (χ2v) is 6.31. The van der Waals surface area contributed by atoms with Gasteiger partial charge in [0.05, 0.1) is 16.2 Å². The van der Waals surface area contributed by atoms with Crippen LogP contribution in [0, 0.1) is 0 Å². The quantitative estimate of drug-likeness (QED) is 0.803. The van der Waals surface area contributed by atoms with Crippen LogP contribution in [-0.2, 0) is 7.05 Å². The Kier molecular flexibility index (Phi) is 4.10. The Bertz CT molecular complexity index is 670. The van der Waals surface area contributed by atoms with Crippen LogP contribution in [0.4, 0.5) is 5.95 Å². The lowest BCUT2D eigenvalue weighted by Gasteiger charge is -2.39. The molecule has 0 saturated carbocycles. The van der Waals surface area contributed by atoms with Gasteiger partial charge >= 0.3 is 0 Å². The smallest absolute Gasteiger partial charge is 0.257 e. The molecule has 1 aliphatic heterocycles. The molecule has 8 heteroatoms. The van der Waals surface area contributed by atoms with Gasteiger partial charge in [0.1, 0.15) is 0 Å². The van der Waals surface area contributed by atoms with E-state index in [1.807, 2.05) is 18.9 Å². The van der Waals surface area contributed by atoms with Crippen LogP contribution in [0.2, 0.25) is 0 Å². The van der Waals surface area contributed by atoms with Crippen molar-refractivity contribution in [2.45, 2.75) is 13.0 Å². The van der Waals surface area contributed by atoms with E-state index < -0.39 is 0 Å². The minimum Gasteiger partial charge on any atom is -0.337 e. The number of halogens is 1. The number of carbonyl (C=O) groups is 1. The maximum atomic E-state index is 12.5. The SMILES string of the molecule is CC1CN(c2ncc(Br)cn2)CCN1C(=O)c1cnn(C)c1. The van der Waals surface area contributed by atoms with Crippen LogP contribution in [0.15, 0.2) is 29.3 Å². The molecule has 0 aliphatic carbocycles. The number of aromatic nitrogens is 4. The lowest BCUT2D eigenvalue weighted by molar-refractivity contribution is 0.0673. The fraction of sp³-hybridized carbons (Fsp3) is 0.429. The molecule has 116 valence electrons. The number of carbonyl (C=O) groups excluding carboxylic acids is 1. The molecule has 7 nitrogen and oxygen atoms in total. The Labute approximate surface area is 137 Å². The van der Waals surface area contributed by atoms with Gasteiger partial charge in [-0.05, 0) is 22.9 Å². The number of piperazine rings is 1. The zero-order chi connectivity index (χ0) is 15.7. The third-order valence-corrected chi connectivity index (χ3v) is 4.14. The Hall–Kier alpha value is -1.96. The first-order chi connectivity index (χ1) is 10.5. The number of hydrogen-bond donors (Lipinski definition) is 0. The van der Waals surface area contributed by atoms with Crippen molar-refractivity contribution in [2.24, 2.45) is 7.05 Å². The highest BCUT2D eigenvalue weighted by Gasteiger charge is 2.29. The van der Waals surface area contributed by atoms with Gasteiger partial charge in [0.2, 0.25) is 5.95 Å². The maximum Gasteiger partial charge on any atom is 0.257 e. The molecule has 0 aromatic carbocycles. The average molecular weight is 365 g/mol. The first-order valence-corrected chi connectivity index (χ1v) is 7.86. The van der Waals surface area contributed by atoms with Crippen LogP contribution in [0.5, 0.6) is 0 Å². The van der Waals surface area contributed by atoms with Crippen molar-refractivity contribution in [1.82, 2.24) is 24.6 Å². The van der Waals surface area contributed by atoms with Crippen molar-refractivity contribution in [2.75, 3.05) is 24.5 Å². The van der Waals surface area contributed by atoms with Gasteiger partial charge in [-0.2, -0.15) is 5.10 Å². The van der Waals surface area contributed by atoms with Crippen LogP contribution in [0.25, 0.3) is 0 Å². The molecule has 0 bridgehead atoms. The summed E-state index contributed by atoms with van der Waals surface area (Å²) >= 11 is 3.33. The van der Waals surface area contributed by atoms with Crippen molar-refractivity contribution < 1.29 is 4.79 Å². The molecule has 22 heavy (non-hydrogen) atoms. The molecule has 1 amide bonds. The normalized spacial score (nSPS) is 18.6. The highest BCUT2D eigenvalue weighted by atomic mass is 79.9. The predicted octanol–water partition coefficient (Wildman–Crippen LogP) is 1.32. The number of rotatable bonds is 2. The van der Waals surface area contributed by atoms with E-state index in [9.17, 15) is 4.79 Å². The van der Waals surface area contributed by atoms with E-state index >= 15 is 0 Å². The lowest BCUT2D eigenvalue weighted by atomic mass is 10.1. The highest BCUT2D eigenvalue weighted by molar-refractivity contribution is 9.10. The summed E-state index contributed by atoms with van der Waals surface area (Å²) in [5.41, 5.74) is 0.627. The third kappa shape index (κ3) is 2.96. The van der Waals surface area contributed by atoms with Gasteiger partial charge < -0.3 is 9.80 Å². The van der Waals surface area contributed by atoms with E-state index in [0.29, 0.717) is 24.6 Å². The first-order valence-electron chi connectivity index (χ1n) is 7.06. The Morgan fingerprint density at radius 3 is 2.59 bits per heavy atom. The Morgan fingerprint density at radius 2 is 2.00 bits per heavy atom. The van der Waals surface area contributed by atoms with Crippen LogP contribution in [0.3, 0.4) is 0 Å². The molecular formula is C14H17BrN6O. The Balaban J connectivity index is 1.69. The summed E-state index contributed by atoms with van der Waals surface area (Å²) in [5.74, 6) is 0.723. The van der Waals surface area contributed by atoms with Gasteiger partial charge in [-0.1, -0.05) is 0 Å². The summed E-state index contributed by atoms with van der Waals surface area (Å²) in [6.07, 6.45) is 6.83. The molecule has 0 N–H and O–H groups in total. The van der Waals surface area contributed by atoms with Crippen molar-refractivity contribution in [1.29, 1.82) is 0 Å². The second-order valence-electron chi connectivity index (χ2n) is 5.40. The van der Waals surface area contributed by atoms with E-state index in [-0.39, 0.29) is 11.9 Å². The molecule has 3 heterocycles. The van der Waals surface area contributed by atoms with Gasteiger partial charge in [0.15, 0.2) is 0 Å². The van der Waals surface area contributed by atoms with E-state index in [4.69, 9.17) is 0 Å². The molecule has 0 radical (unpaired) electrons. The largest absolute Gasteiger partial charge is 0.337 e. The number of anilines is 1. The monoisotopic (exact) mass is 364 g/mol. The molecule has 2 aromatic rings. The first kappa shape index (κ1) is 15.0. The molecule has 1 atom stereocenters. The lowest BCUT2D eigenvalue weighted by Crippen LogP contribution is -2.54. The van der Waals surface area contributed by atoms with Gasteiger partial charge in [-0.3, -0.25) is 9.48 Å². The fourth-order valence-electron chi connectivity index (χ4n) is 2.61. The molecule has 1 fully saturated rings. The molecule has 0 spiro atoms. The number of nitrogens with zero attached hydrogens (tertiary/aromatic N) is 6.